The normalized spacial score (nSPS) is 11.3. The lowest BCUT2D eigenvalue weighted by Gasteiger charge is -2.09. The molecule has 94 valence electrons. The SMILES string of the molecule is Nc1cccc(Nc2ccc(C(F)(F)F)cc2)n1. The summed E-state index contributed by atoms with van der Waals surface area (Å²) >= 11 is 0. The number of nitrogen functional groups attached to an aromatic ring is 1. The van der Waals surface area contributed by atoms with E-state index in [0.29, 0.717) is 17.3 Å². The Morgan fingerprint density at radius 2 is 1.67 bits per heavy atom. The third-order valence-electron chi connectivity index (χ3n) is 2.26. The molecule has 0 radical (unpaired) electrons. The number of benzene rings is 1. The summed E-state index contributed by atoms with van der Waals surface area (Å²) in [5, 5.41) is 2.86. The number of halogens is 3. The molecule has 6 heteroatoms. The summed E-state index contributed by atoms with van der Waals surface area (Å²) in [6.45, 7) is 0. The van der Waals surface area contributed by atoms with Gasteiger partial charge >= 0.3 is 6.18 Å². The van der Waals surface area contributed by atoms with Crippen molar-refractivity contribution < 1.29 is 13.2 Å². The average molecular weight is 253 g/mol. The number of pyridine rings is 1. The smallest absolute Gasteiger partial charge is 0.384 e. The molecule has 1 aromatic heterocycles. The minimum absolute atomic E-state index is 0.340. The van der Waals surface area contributed by atoms with Gasteiger partial charge < -0.3 is 11.1 Å². The maximum atomic E-state index is 12.4. The molecule has 0 saturated carbocycles. The molecule has 3 nitrogen and oxygen atoms in total. The van der Waals surface area contributed by atoms with Crippen molar-refractivity contribution >= 4 is 17.3 Å². The van der Waals surface area contributed by atoms with Gasteiger partial charge in [0.2, 0.25) is 0 Å². The van der Waals surface area contributed by atoms with Gasteiger partial charge in [0.1, 0.15) is 11.6 Å². The van der Waals surface area contributed by atoms with Gasteiger partial charge in [-0.05, 0) is 36.4 Å². The highest BCUT2D eigenvalue weighted by atomic mass is 19.4. The molecular weight excluding hydrogens is 243 g/mol. The highest BCUT2D eigenvalue weighted by molar-refractivity contribution is 5.57. The lowest BCUT2D eigenvalue weighted by molar-refractivity contribution is -0.137. The highest BCUT2D eigenvalue weighted by Gasteiger charge is 2.29. The molecule has 0 bridgehead atoms. The zero-order valence-corrected chi connectivity index (χ0v) is 9.20. The lowest BCUT2D eigenvalue weighted by atomic mass is 10.2. The third kappa shape index (κ3) is 2.91. The number of nitrogens with one attached hydrogen (secondary N) is 1. The fraction of sp³-hybridized carbons (Fsp3) is 0.0833. The van der Waals surface area contributed by atoms with E-state index in [0.717, 1.165) is 12.1 Å². The predicted octanol–water partition coefficient (Wildman–Crippen LogP) is 3.43. The Balaban J connectivity index is 2.16. The Hall–Kier alpha value is -2.24. The summed E-state index contributed by atoms with van der Waals surface area (Å²) in [5.74, 6) is 0.821. The number of aromatic nitrogens is 1. The van der Waals surface area contributed by atoms with E-state index in [1.54, 1.807) is 18.2 Å². The summed E-state index contributed by atoms with van der Waals surface area (Å²) in [6.07, 6.45) is -4.33. The molecule has 0 spiro atoms. The topological polar surface area (TPSA) is 50.9 Å². The number of alkyl halides is 3. The van der Waals surface area contributed by atoms with Gasteiger partial charge in [-0.1, -0.05) is 6.07 Å². The fourth-order valence-electron chi connectivity index (χ4n) is 1.41. The minimum Gasteiger partial charge on any atom is -0.384 e. The molecule has 0 fully saturated rings. The molecule has 0 aliphatic rings. The van der Waals surface area contributed by atoms with Crippen molar-refractivity contribution in [3.63, 3.8) is 0 Å². The van der Waals surface area contributed by atoms with Gasteiger partial charge in [0.15, 0.2) is 0 Å². The van der Waals surface area contributed by atoms with E-state index in [-0.39, 0.29) is 0 Å². The molecule has 0 aliphatic heterocycles. The van der Waals surface area contributed by atoms with Crippen molar-refractivity contribution in [3.8, 4) is 0 Å². The standard InChI is InChI=1S/C12H10F3N3/c13-12(14,15)8-4-6-9(7-5-8)17-11-3-1-2-10(16)18-11/h1-7H,(H3,16,17,18). The molecular formula is C12H10F3N3. The van der Waals surface area contributed by atoms with Crippen LogP contribution in [0.15, 0.2) is 42.5 Å². The first-order valence-electron chi connectivity index (χ1n) is 5.12. The summed E-state index contributed by atoms with van der Waals surface area (Å²) in [5.41, 5.74) is 5.32. The first-order chi connectivity index (χ1) is 8.45. The molecule has 1 aromatic carbocycles. The third-order valence-corrected chi connectivity index (χ3v) is 2.26. The Morgan fingerprint density at radius 1 is 1.00 bits per heavy atom. The second-order valence-electron chi connectivity index (χ2n) is 3.65. The first-order valence-corrected chi connectivity index (χ1v) is 5.12. The van der Waals surface area contributed by atoms with E-state index >= 15 is 0 Å². The number of nitrogens with zero attached hydrogens (tertiary/aromatic N) is 1. The van der Waals surface area contributed by atoms with Gasteiger partial charge in [0, 0.05) is 5.69 Å². The zero-order chi connectivity index (χ0) is 13.2. The van der Waals surface area contributed by atoms with Crippen LogP contribution in [-0.2, 0) is 6.18 Å². The Labute approximate surface area is 101 Å². The molecule has 18 heavy (non-hydrogen) atoms. The number of rotatable bonds is 2. The van der Waals surface area contributed by atoms with Gasteiger partial charge in [-0.2, -0.15) is 13.2 Å². The minimum atomic E-state index is -4.33. The monoisotopic (exact) mass is 253 g/mol. The van der Waals surface area contributed by atoms with Crippen molar-refractivity contribution in [2.75, 3.05) is 11.1 Å². The average Bonchev–Trinajstić information content (AvgIpc) is 2.28. The van der Waals surface area contributed by atoms with Crippen molar-refractivity contribution in [2.45, 2.75) is 6.18 Å². The van der Waals surface area contributed by atoms with Crippen LogP contribution in [0.5, 0.6) is 0 Å². The molecule has 0 aliphatic carbocycles. The van der Waals surface area contributed by atoms with Crippen LogP contribution in [0.1, 0.15) is 5.56 Å². The second kappa shape index (κ2) is 4.56. The quantitative estimate of drug-likeness (QED) is 0.862. The fourth-order valence-corrected chi connectivity index (χ4v) is 1.41. The maximum absolute atomic E-state index is 12.4. The Kier molecular flexibility index (Phi) is 3.10. The molecule has 0 unspecified atom stereocenters. The molecule has 2 rings (SSSR count). The van der Waals surface area contributed by atoms with Gasteiger partial charge in [-0.15, -0.1) is 0 Å². The largest absolute Gasteiger partial charge is 0.416 e. The van der Waals surface area contributed by atoms with Gasteiger partial charge in [0.05, 0.1) is 5.56 Å². The number of hydrogen-bond acceptors (Lipinski definition) is 3. The number of nitrogens with two attached hydrogens (primary N) is 1. The Bertz CT molecular complexity index is 535. The molecule has 1 heterocycles. The van der Waals surface area contributed by atoms with Crippen LogP contribution >= 0.6 is 0 Å². The van der Waals surface area contributed by atoms with Crippen LogP contribution in [0.3, 0.4) is 0 Å². The van der Waals surface area contributed by atoms with E-state index in [1.807, 2.05) is 0 Å². The zero-order valence-electron chi connectivity index (χ0n) is 9.20. The highest BCUT2D eigenvalue weighted by Crippen LogP contribution is 2.30. The van der Waals surface area contributed by atoms with E-state index in [2.05, 4.69) is 10.3 Å². The second-order valence-corrected chi connectivity index (χ2v) is 3.65. The summed E-state index contributed by atoms with van der Waals surface area (Å²) in [4.78, 5) is 3.98. The Morgan fingerprint density at radius 3 is 2.22 bits per heavy atom. The molecule has 3 N–H and O–H groups in total. The van der Waals surface area contributed by atoms with Crippen LogP contribution in [0.2, 0.25) is 0 Å². The predicted molar refractivity (Wildman–Crippen MR) is 63.4 cm³/mol. The van der Waals surface area contributed by atoms with E-state index in [1.165, 1.54) is 12.1 Å². The van der Waals surface area contributed by atoms with Crippen LogP contribution < -0.4 is 11.1 Å². The lowest BCUT2D eigenvalue weighted by Crippen LogP contribution is -2.04. The number of anilines is 3. The molecule has 0 saturated heterocycles. The first kappa shape index (κ1) is 12.2. The molecule has 0 amide bonds. The van der Waals surface area contributed by atoms with Crippen LogP contribution in [0.4, 0.5) is 30.5 Å². The summed E-state index contributed by atoms with van der Waals surface area (Å²) in [7, 11) is 0. The maximum Gasteiger partial charge on any atom is 0.416 e. The van der Waals surface area contributed by atoms with Crippen LogP contribution in [0.25, 0.3) is 0 Å². The summed E-state index contributed by atoms with van der Waals surface area (Å²) < 4.78 is 37.1. The van der Waals surface area contributed by atoms with E-state index in [9.17, 15) is 13.2 Å². The van der Waals surface area contributed by atoms with E-state index in [4.69, 9.17) is 5.73 Å². The van der Waals surface area contributed by atoms with Crippen molar-refractivity contribution in [1.82, 2.24) is 4.98 Å². The molecule has 2 aromatic rings. The van der Waals surface area contributed by atoms with Crippen molar-refractivity contribution in [3.05, 3.63) is 48.0 Å². The van der Waals surface area contributed by atoms with Crippen LogP contribution in [-0.4, -0.2) is 4.98 Å². The van der Waals surface area contributed by atoms with Gasteiger partial charge in [0.25, 0.3) is 0 Å². The summed E-state index contributed by atoms with van der Waals surface area (Å²) in [6, 6.07) is 9.70. The van der Waals surface area contributed by atoms with Crippen LogP contribution in [0, 0.1) is 0 Å². The van der Waals surface area contributed by atoms with Crippen molar-refractivity contribution in [2.24, 2.45) is 0 Å². The van der Waals surface area contributed by atoms with Gasteiger partial charge in [-0.25, -0.2) is 4.98 Å². The van der Waals surface area contributed by atoms with E-state index < -0.39 is 11.7 Å². The van der Waals surface area contributed by atoms with Gasteiger partial charge in [-0.3, -0.25) is 0 Å². The molecule has 0 atom stereocenters. The number of hydrogen-bond donors (Lipinski definition) is 2. The van der Waals surface area contributed by atoms with Crippen molar-refractivity contribution in [1.29, 1.82) is 0 Å².